The second-order valence-electron chi connectivity index (χ2n) is 6.34. The van der Waals surface area contributed by atoms with Gasteiger partial charge in [0.05, 0.1) is 19.8 Å². The number of nitrogens with zero attached hydrogens (tertiary/aromatic N) is 1. The van der Waals surface area contributed by atoms with E-state index in [9.17, 15) is 4.79 Å². The lowest BCUT2D eigenvalue weighted by Gasteiger charge is -2.15. The Morgan fingerprint density at radius 2 is 1.78 bits per heavy atom. The molecule has 0 saturated carbocycles. The molecular weight excluding hydrogens is 340 g/mol. The molecule has 0 radical (unpaired) electrons. The summed E-state index contributed by atoms with van der Waals surface area (Å²) in [7, 11) is 3.31. The maximum absolute atomic E-state index is 11.8. The molecule has 1 heterocycles. The van der Waals surface area contributed by atoms with Gasteiger partial charge in [0, 0.05) is 17.9 Å². The Balaban J connectivity index is 1.99. The number of ether oxygens (including phenoxy) is 2. The molecule has 0 fully saturated rings. The molecule has 0 aliphatic carbocycles. The lowest BCUT2D eigenvalue weighted by molar-refractivity contribution is 0.0999. The molecule has 0 aliphatic rings. The molecule has 0 aliphatic heterocycles. The Labute approximate surface area is 159 Å². The Bertz CT molecular complexity index is 946. The fourth-order valence-electron chi connectivity index (χ4n) is 3.34. The van der Waals surface area contributed by atoms with Crippen LogP contribution in [0, 0.1) is 6.92 Å². The SMILES string of the molecule is COc1ccc(OC)c(CCn2c(-c3ccccc3)cc(C(N)=O)c2C)c1. The summed E-state index contributed by atoms with van der Waals surface area (Å²) in [4.78, 5) is 11.8. The van der Waals surface area contributed by atoms with Gasteiger partial charge in [-0.05, 0) is 48.7 Å². The predicted molar refractivity (Wildman–Crippen MR) is 106 cm³/mol. The summed E-state index contributed by atoms with van der Waals surface area (Å²) >= 11 is 0. The smallest absolute Gasteiger partial charge is 0.250 e. The number of amides is 1. The number of nitrogens with two attached hydrogens (primary N) is 1. The van der Waals surface area contributed by atoms with Gasteiger partial charge in [-0.2, -0.15) is 0 Å². The third-order valence-electron chi connectivity index (χ3n) is 4.79. The number of rotatable bonds is 7. The van der Waals surface area contributed by atoms with Crippen molar-refractivity contribution in [2.24, 2.45) is 5.73 Å². The van der Waals surface area contributed by atoms with Crippen LogP contribution in [0.15, 0.2) is 54.6 Å². The van der Waals surface area contributed by atoms with Crippen LogP contribution in [0.1, 0.15) is 21.6 Å². The monoisotopic (exact) mass is 364 g/mol. The number of hydrogen-bond donors (Lipinski definition) is 1. The van der Waals surface area contributed by atoms with Gasteiger partial charge in [0.1, 0.15) is 11.5 Å². The van der Waals surface area contributed by atoms with E-state index >= 15 is 0 Å². The van der Waals surface area contributed by atoms with Crippen LogP contribution in [0.25, 0.3) is 11.3 Å². The third kappa shape index (κ3) is 3.82. The maximum Gasteiger partial charge on any atom is 0.250 e. The van der Waals surface area contributed by atoms with Crippen LogP contribution in [0.3, 0.4) is 0 Å². The molecule has 140 valence electrons. The average molecular weight is 364 g/mol. The van der Waals surface area contributed by atoms with Crippen molar-refractivity contribution in [3.63, 3.8) is 0 Å². The van der Waals surface area contributed by atoms with E-state index in [0.717, 1.165) is 40.4 Å². The van der Waals surface area contributed by atoms with Crippen molar-refractivity contribution in [3.8, 4) is 22.8 Å². The maximum atomic E-state index is 11.8. The van der Waals surface area contributed by atoms with Crippen molar-refractivity contribution in [2.45, 2.75) is 19.9 Å². The largest absolute Gasteiger partial charge is 0.497 e. The van der Waals surface area contributed by atoms with E-state index in [1.54, 1.807) is 14.2 Å². The highest BCUT2D eigenvalue weighted by atomic mass is 16.5. The molecule has 1 aromatic heterocycles. The van der Waals surface area contributed by atoms with Crippen LogP contribution in [0.5, 0.6) is 11.5 Å². The summed E-state index contributed by atoms with van der Waals surface area (Å²) in [5, 5.41) is 0. The van der Waals surface area contributed by atoms with Gasteiger partial charge in [0.15, 0.2) is 0 Å². The fraction of sp³-hybridized carbons (Fsp3) is 0.227. The Hall–Kier alpha value is -3.21. The standard InChI is InChI=1S/C22H24N2O3/c1-15-19(22(23)25)14-20(16-7-5-4-6-8-16)24(15)12-11-17-13-18(26-2)9-10-21(17)27-3/h4-10,13-14H,11-12H2,1-3H3,(H2,23,25). The first-order chi connectivity index (χ1) is 13.0. The van der Waals surface area contributed by atoms with Crippen LogP contribution in [-0.4, -0.2) is 24.7 Å². The van der Waals surface area contributed by atoms with E-state index in [0.29, 0.717) is 12.1 Å². The zero-order valence-electron chi connectivity index (χ0n) is 15.9. The molecule has 2 aromatic carbocycles. The number of carbonyl (C=O) groups excluding carboxylic acids is 1. The van der Waals surface area contributed by atoms with E-state index in [1.165, 1.54) is 0 Å². The van der Waals surface area contributed by atoms with Crippen LogP contribution < -0.4 is 15.2 Å². The molecule has 0 unspecified atom stereocenters. The first-order valence-electron chi connectivity index (χ1n) is 8.81. The minimum atomic E-state index is -0.414. The molecule has 3 rings (SSSR count). The Morgan fingerprint density at radius 3 is 2.41 bits per heavy atom. The molecule has 0 spiro atoms. The van der Waals surface area contributed by atoms with Gasteiger partial charge in [-0.25, -0.2) is 0 Å². The lowest BCUT2D eigenvalue weighted by Crippen LogP contribution is -2.13. The van der Waals surface area contributed by atoms with E-state index < -0.39 is 5.91 Å². The minimum Gasteiger partial charge on any atom is -0.497 e. The van der Waals surface area contributed by atoms with Gasteiger partial charge in [0.25, 0.3) is 5.91 Å². The Kier molecular flexibility index (Phi) is 5.50. The van der Waals surface area contributed by atoms with Crippen molar-refractivity contribution in [1.29, 1.82) is 0 Å². The highest BCUT2D eigenvalue weighted by molar-refractivity contribution is 5.95. The summed E-state index contributed by atoms with van der Waals surface area (Å²) in [5.41, 5.74) is 10.1. The average Bonchev–Trinajstić information content (AvgIpc) is 3.03. The normalized spacial score (nSPS) is 10.6. The third-order valence-corrected chi connectivity index (χ3v) is 4.79. The summed E-state index contributed by atoms with van der Waals surface area (Å²) in [6, 6.07) is 17.6. The molecule has 0 atom stereocenters. The van der Waals surface area contributed by atoms with E-state index in [-0.39, 0.29) is 0 Å². The highest BCUT2D eigenvalue weighted by Crippen LogP contribution is 2.28. The molecule has 0 bridgehead atoms. The van der Waals surface area contributed by atoms with Gasteiger partial charge in [-0.15, -0.1) is 0 Å². The molecule has 27 heavy (non-hydrogen) atoms. The van der Waals surface area contributed by atoms with Crippen molar-refractivity contribution >= 4 is 5.91 Å². The minimum absolute atomic E-state index is 0.414. The summed E-state index contributed by atoms with van der Waals surface area (Å²) < 4.78 is 13.0. The zero-order chi connectivity index (χ0) is 19.4. The van der Waals surface area contributed by atoms with Gasteiger partial charge >= 0.3 is 0 Å². The highest BCUT2D eigenvalue weighted by Gasteiger charge is 2.17. The fourth-order valence-corrected chi connectivity index (χ4v) is 3.34. The summed E-state index contributed by atoms with van der Waals surface area (Å²) in [6.45, 7) is 2.61. The number of carbonyl (C=O) groups is 1. The van der Waals surface area contributed by atoms with Crippen molar-refractivity contribution in [2.75, 3.05) is 14.2 Å². The van der Waals surface area contributed by atoms with Crippen molar-refractivity contribution < 1.29 is 14.3 Å². The second kappa shape index (κ2) is 7.99. The molecule has 0 saturated heterocycles. The van der Waals surface area contributed by atoms with Crippen molar-refractivity contribution in [1.82, 2.24) is 4.57 Å². The first kappa shape index (κ1) is 18.6. The molecule has 1 amide bonds. The first-order valence-corrected chi connectivity index (χ1v) is 8.81. The van der Waals surface area contributed by atoms with Crippen LogP contribution >= 0.6 is 0 Å². The molecule has 2 N–H and O–H groups in total. The number of primary amides is 1. The second-order valence-corrected chi connectivity index (χ2v) is 6.34. The number of aromatic nitrogens is 1. The van der Waals surface area contributed by atoms with E-state index in [1.807, 2.05) is 61.5 Å². The van der Waals surface area contributed by atoms with Gasteiger partial charge in [-0.1, -0.05) is 30.3 Å². The van der Waals surface area contributed by atoms with Gasteiger partial charge < -0.3 is 19.8 Å². The van der Waals surface area contributed by atoms with Crippen molar-refractivity contribution in [3.05, 3.63) is 71.4 Å². The number of methoxy groups -OCH3 is 2. The number of aryl methyl sites for hydroxylation is 1. The topological polar surface area (TPSA) is 66.5 Å². The van der Waals surface area contributed by atoms with Crippen LogP contribution in [0.4, 0.5) is 0 Å². The molecular formula is C22H24N2O3. The predicted octanol–water partition coefficient (Wildman–Crippen LogP) is 3.82. The number of benzene rings is 2. The van der Waals surface area contributed by atoms with Gasteiger partial charge in [0.2, 0.25) is 0 Å². The molecule has 5 nitrogen and oxygen atoms in total. The molecule has 3 aromatic rings. The van der Waals surface area contributed by atoms with E-state index in [4.69, 9.17) is 15.2 Å². The van der Waals surface area contributed by atoms with Crippen LogP contribution in [-0.2, 0) is 13.0 Å². The number of hydrogen-bond acceptors (Lipinski definition) is 3. The molecule has 5 heteroatoms. The zero-order valence-corrected chi connectivity index (χ0v) is 15.9. The summed E-state index contributed by atoms with van der Waals surface area (Å²) in [5.74, 6) is 1.19. The summed E-state index contributed by atoms with van der Waals surface area (Å²) in [6.07, 6.45) is 0.730. The lowest BCUT2D eigenvalue weighted by atomic mass is 10.1. The quantitative estimate of drug-likeness (QED) is 0.693. The van der Waals surface area contributed by atoms with Gasteiger partial charge in [-0.3, -0.25) is 4.79 Å². The Morgan fingerprint density at radius 1 is 1.04 bits per heavy atom. The van der Waals surface area contributed by atoms with E-state index in [2.05, 4.69) is 4.57 Å². The van der Waals surface area contributed by atoms with Crippen LogP contribution in [0.2, 0.25) is 0 Å².